The molecule has 1 unspecified atom stereocenters. The molecule has 1 aromatic heterocycles. The van der Waals surface area contributed by atoms with E-state index in [-0.39, 0.29) is 11.6 Å². The number of allylic oxidation sites excluding steroid dienone is 1. The van der Waals surface area contributed by atoms with Crippen molar-refractivity contribution in [1.29, 1.82) is 5.26 Å². The topological polar surface area (TPSA) is 108 Å². The Labute approximate surface area is 208 Å². The van der Waals surface area contributed by atoms with Crippen molar-refractivity contribution < 1.29 is 9.84 Å². The third kappa shape index (κ3) is 3.94. The summed E-state index contributed by atoms with van der Waals surface area (Å²) >= 11 is 6.79. The van der Waals surface area contributed by atoms with Gasteiger partial charge in [-0.15, -0.1) is 5.10 Å². The SMILES string of the molecule is N#CC1=C(N)Oc2n[nH]c(-c3ccc(C4CCCCC4)cc3)c2C1c1cc(Br)c(O)c(Br)c1. The number of fused-ring (bicyclic) bond motifs is 1. The van der Waals surface area contributed by atoms with Crippen LogP contribution in [0.4, 0.5) is 0 Å². The molecule has 1 aliphatic heterocycles. The molecule has 0 bridgehead atoms. The van der Waals surface area contributed by atoms with E-state index in [4.69, 9.17) is 10.5 Å². The van der Waals surface area contributed by atoms with Crippen LogP contribution >= 0.6 is 31.9 Å². The van der Waals surface area contributed by atoms with Crippen molar-refractivity contribution in [3.8, 4) is 29.0 Å². The summed E-state index contributed by atoms with van der Waals surface area (Å²) in [5, 5.41) is 27.6. The molecule has 6 nitrogen and oxygen atoms in total. The number of benzene rings is 2. The van der Waals surface area contributed by atoms with Crippen LogP contribution in [0.5, 0.6) is 11.6 Å². The van der Waals surface area contributed by atoms with Gasteiger partial charge in [-0.05, 0) is 73.9 Å². The molecule has 1 aliphatic carbocycles. The molecule has 4 N–H and O–H groups in total. The Morgan fingerprint density at radius 1 is 1.06 bits per heavy atom. The maximum absolute atomic E-state index is 10.2. The Morgan fingerprint density at radius 3 is 2.36 bits per heavy atom. The first-order valence-corrected chi connectivity index (χ1v) is 12.5. The van der Waals surface area contributed by atoms with E-state index in [0.29, 0.717) is 26.3 Å². The third-order valence-corrected chi connectivity index (χ3v) is 7.80. The largest absolute Gasteiger partial charge is 0.506 e. The molecule has 0 spiro atoms. The number of ether oxygens (including phenoxy) is 1. The number of nitrogens with zero attached hydrogens (tertiary/aromatic N) is 2. The van der Waals surface area contributed by atoms with Crippen LogP contribution in [-0.2, 0) is 0 Å². The first-order chi connectivity index (χ1) is 16.0. The highest BCUT2D eigenvalue weighted by atomic mass is 79.9. The summed E-state index contributed by atoms with van der Waals surface area (Å²) in [6, 6.07) is 14.4. The monoisotopic (exact) mass is 568 g/mol. The van der Waals surface area contributed by atoms with Gasteiger partial charge in [0, 0.05) is 5.56 Å². The number of hydrogen-bond donors (Lipinski definition) is 3. The molecule has 3 aromatic rings. The lowest BCUT2D eigenvalue weighted by molar-refractivity contribution is 0.379. The van der Waals surface area contributed by atoms with Crippen molar-refractivity contribution in [3.05, 3.63) is 73.5 Å². The molecule has 8 heteroatoms. The molecule has 0 saturated heterocycles. The number of hydrogen-bond acceptors (Lipinski definition) is 5. The molecule has 2 aliphatic rings. The maximum Gasteiger partial charge on any atom is 0.244 e. The molecule has 0 radical (unpaired) electrons. The highest BCUT2D eigenvalue weighted by Gasteiger charge is 2.36. The highest BCUT2D eigenvalue weighted by Crippen LogP contribution is 2.48. The molecule has 2 aromatic carbocycles. The van der Waals surface area contributed by atoms with E-state index in [0.717, 1.165) is 22.4 Å². The van der Waals surface area contributed by atoms with Crippen molar-refractivity contribution in [2.75, 3.05) is 0 Å². The van der Waals surface area contributed by atoms with Gasteiger partial charge in [0.15, 0.2) is 0 Å². The zero-order valence-electron chi connectivity index (χ0n) is 17.7. The number of halogens is 2. The Morgan fingerprint density at radius 2 is 1.73 bits per heavy atom. The molecule has 0 amide bonds. The Balaban J connectivity index is 1.60. The van der Waals surface area contributed by atoms with Gasteiger partial charge in [0.25, 0.3) is 0 Å². The van der Waals surface area contributed by atoms with Crippen LogP contribution in [0.3, 0.4) is 0 Å². The predicted octanol–water partition coefficient (Wildman–Crippen LogP) is 6.57. The Bertz CT molecular complexity index is 1260. The molecular weight excluding hydrogens is 548 g/mol. The second-order valence-corrected chi connectivity index (χ2v) is 10.2. The van der Waals surface area contributed by atoms with Crippen LogP contribution < -0.4 is 10.5 Å². The summed E-state index contributed by atoms with van der Waals surface area (Å²) in [5.41, 5.74) is 11.0. The van der Waals surface area contributed by atoms with E-state index in [9.17, 15) is 10.4 Å². The van der Waals surface area contributed by atoms with E-state index in [1.54, 1.807) is 12.1 Å². The molecule has 33 heavy (non-hydrogen) atoms. The number of rotatable bonds is 3. The summed E-state index contributed by atoms with van der Waals surface area (Å²) in [7, 11) is 0. The van der Waals surface area contributed by atoms with Gasteiger partial charge in [-0.2, -0.15) is 5.26 Å². The van der Waals surface area contributed by atoms with Crippen LogP contribution in [0.1, 0.15) is 60.6 Å². The van der Waals surface area contributed by atoms with Crippen LogP contribution in [0.25, 0.3) is 11.3 Å². The van der Waals surface area contributed by atoms with E-state index in [2.05, 4.69) is 72.4 Å². The number of aromatic hydroxyl groups is 1. The van der Waals surface area contributed by atoms with Gasteiger partial charge in [-0.3, -0.25) is 5.10 Å². The van der Waals surface area contributed by atoms with Crippen LogP contribution in [0, 0.1) is 11.3 Å². The molecule has 1 atom stereocenters. The number of nitrogens with one attached hydrogen (secondary N) is 1. The predicted molar refractivity (Wildman–Crippen MR) is 133 cm³/mol. The molecule has 2 heterocycles. The minimum atomic E-state index is -0.501. The van der Waals surface area contributed by atoms with Gasteiger partial charge in [0.1, 0.15) is 17.4 Å². The minimum Gasteiger partial charge on any atom is -0.506 e. The van der Waals surface area contributed by atoms with Crippen molar-refractivity contribution in [2.45, 2.75) is 43.9 Å². The lowest BCUT2D eigenvalue weighted by atomic mass is 9.82. The standard InChI is InChI=1S/C25H22Br2N4O2/c26-18-10-16(11-19(27)23(18)32)20-17(12-28)24(29)33-25-21(20)22(30-31-25)15-8-6-14(7-9-15)13-4-2-1-3-5-13/h6-11,13,20,32H,1-5,29H2,(H,30,31). The number of H-pyrrole nitrogens is 1. The molecule has 1 saturated carbocycles. The average Bonchev–Trinajstić information content (AvgIpc) is 3.25. The van der Waals surface area contributed by atoms with Crippen molar-refractivity contribution in [1.82, 2.24) is 10.2 Å². The zero-order valence-corrected chi connectivity index (χ0v) is 20.9. The number of nitrogens with two attached hydrogens (primary N) is 1. The van der Waals surface area contributed by atoms with Gasteiger partial charge in [-0.1, -0.05) is 43.5 Å². The van der Waals surface area contributed by atoms with Crippen molar-refractivity contribution in [3.63, 3.8) is 0 Å². The first kappa shape index (κ1) is 22.1. The van der Waals surface area contributed by atoms with Crippen LogP contribution in [0.2, 0.25) is 0 Å². The summed E-state index contributed by atoms with van der Waals surface area (Å²) < 4.78 is 6.74. The van der Waals surface area contributed by atoms with Gasteiger partial charge in [0.05, 0.1) is 26.1 Å². The quantitative estimate of drug-likeness (QED) is 0.330. The molecule has 5 rings (SSSR count). The number of aromatic amines is 1. The van der Waals surface area contributed by atoms with Gasteiger partial charge < -0.3 is 15.6 Å². The Kier molecular flexibility index (Phi) is 5.94. The smallest absolute Gasteiger partial charge is 0.244 e. The van der Waals surface area contributed by atoms with Crippen LogP contribution in [0.15, 0.2) is 56.8 Å². The van der Waals surface area contributed by atoms with Gasteiger partial charge in [0.2, 0.25) is 11.8 Å². The van der Waals surface area contributed by atoms with E-state index in [1.165, 1.54) is 37.7 Å². The normalized spacial score (nSPS) is 18.5. The number of phenols is 1. The summed E-state index contributed by atoms with van der Waals surface area (Å²) in [6.45, 7) is 0. The van der Waals surface area contributed by atoms with Crippen LogP contribution in [-0.4, -0.2) is 15.3 Å². The second kappa shape index (κ2) is 8.88. The van der Waals surface area contributed by atoms with E-state index >= 15 is 0 Å². The van der Waals surface area contributed by atoms with Crippen molar-refractivity contribution in [2.24, 2.45) is 5.73 Å². The molecular formula is C25H22Br2N4O2. The zero-order chi connectivity index (χ0) is 23.1. The number of aromatic nitrogens is 2. The van der Waals surface area contributed by atoms with Gasteiger partial charge >= 0.3 is 0 Å². The fraction of sp³-hybridized carbons (Fsp3) is 0.280. The lowest BCUT2D eigenvalue weighted by Gasteiger charge is -2.25. The lowest BCUT2D eigenvalue weighted by Crippen LogP contribution is -2.21. The fourth-order valence-electron chi connectivity index (χ4n) is 4.91. The van der Waals surface area contributed by atoms with E-state index < -0.39 is 5.92 Å². The summed E-state index contributed by atoms with van der Waals surface area (Å²) in [6.07, 6.45) is 6.41. The average molecular weight is 570 g/mol. The van der Waals surface area contributed by atoms with E-state index in [1.807, 2.05) is 0 Å². The number of nitriles is 1. The molecule has 1 fully saturated rings. The maximum atomic E-state index is 10.2. The minimum absolute atomic E-state index is 0.0287. The highest BCUT2D eigenvalue weighted by molar-refractivity contribution is 9.11. The Hall–Kier alpha value is -2.76. The first-order valence-electron chi connectivity index (χ1n) is 10.9. The summed E-state index contributed by atoms with van der Waals surface area (Å²) in [5.74, 6) is 0.592. The third-order valence-electron chi connectivity index (χ3n) is 6.59. The fourth-order valence-corrected chi connectivity index (χ4v) is 6.13. The van der Waals surface area contributed by atoms with Crippen molar-refractivity contribution >= 4 is 31.9 Å². The number of phenolic OH excluding ortho intramolecular Hbond substituents is 1. The molecule has 168 valence electrons. The van der Waals surface area contributed by atoms with Gasteiger partial charge in [-0.25, -0.2) is 0 Å². The summed E-state index contributed by atoms with van der Waals surface area (Å²) in [4.78, 5) is 0. The second-order valence-electron chi connectivity index (χ2n) is 8.53.